The van der Waals surface area contributed by atoms with Crippen molar-refractivity contribution in [2.75, 3.05) is 11.9 Å². The first-order valence-electron chi connectivity index (χ1n) is 7.22. The number of hydrogen-bond acceptors (Lipinski definition) is 5. The molecule has 0 bridgehead atoms. The Labute approximate surface area is 127 Å². The topological polar surface area (TPSA) is 95.4 Å². The maximum Gasteiger partial charge on any atom is 0.323 e. The van der Waals surface area contributed by atoms with E-state index in [1.807, 2.05) is 6.92 Å². The van der Waals surface area contributed by atoms with Crippen LogP contribution >= 0.6 is 11.3 Å². The monoisotopic (exact) mass is 312 g/mol. The zero-order chi connectivity index (χ0) is 15.2. The van der Waals surface area contributed by atoms with E-state index in [1.54, 1.807) is 4.90 Å². The van der Waals surface area contributed by atoms with E-state index < -0.39 is 5.97 Å². The van der Waals surface area contributed by atoms with Gasteiger partial charge in [-0.2, -0.15) is 0 Å². The number of aryl methyl sites for hydroxylation is 1. The highest BCUT2D eigenvalue weighted by Crippen LogP contribution is 2.23. The summed E-state index contributed by atoms with van der Waals surface area (Å²) in [5.41, 5.74) is 0. The molecule has 1 aromatic heterocycles. The SMILES string of the molecule is CCc1nnc(NC(=O)N2CCCCC2CCC(=O)O)s1. The number of carbonyl (C=O) groups is 2. The molecular weight excluding hydrogens is 292 g/mol. The molecule has 0 radical (unpaired) electrons. The Kier molecular flexibility index (Phi) is 5.49. The number of carboxylic acid groups (broad SMARTS) is 1. The van der Waals surface area contributed by atoms with E-state index in [-0.39, 0.29) is 18.5 Å². The second kappa shape index (κ2) is 7.35. The highest BCUT2D eigenvalue weighted by molar-refractivity contribution is 7.15. The van der Waals surface area contributed by atoms with Gasteiger partial charge in [0, 0.05) is 19.0 Å². The van der Waals surface area contributed by atoms with E-state index in [0.717, 1.165) is 30.7 Å². The molecule has 1 fully saturated rings. The molecule has 116 valence electrons. The number of carboxylic acids is 1. The van der Waals surface area contributed by atoms with Crippen molar-refractivity contribution in [3.8, 4) is 0 Å². The maximum atomic E-state index is 12.3. The molecule has 1 saturated heterocycles. The number of rotatable bonds is 5. The third-order valence-electron chi connectivity index (χ3n) is 3.56. The highest BCUT2D eigenvalue weighted by Gasteiger charge is 2.27. The zero-order valence-electron chi connectivity index (χ0n) is 12.0. The molecule has 1 aliphatic rings. The average molecular weight is 312 g/mol. The van der Waals surface area contributed by atoms with Crippen molar-refractivity contribution in [1.29, 1.82) is 0 Å². The largest absolute Gasteiger partial charge is 0.481 e. The van der Waals surface area contributed by atoms with E-state index in [1.165, 1.54) is 11.3 Å². The molecule has 0 aliphatic carbocycles. The number of anilines is 1. The third-order valence-corrected chi connectivity index (χ3v) is 4.55. The molecule has 1 atom stereocenters. The van der Waals surface area contributed by atoms with Crippen molar-refractivity contribution >= 4 is 28.5 Å². The van der Waals surface area contributed by atoms with E-state index >= 15 is 0 Å². The predicted molar refractivity (Wildman–Crippen MR) is 79.5 cm³/mol. The molecule has 0 spiro atoms. The fourth-order valence-electron chi connectivity index (χ4n) is 2.47. The van der Waals surface area contributed by atoms with Crippen LogP contribution in [0.1, 0.15) is 44.0 Å². The normalized spacial score (nSPS) is 18.5. The molecule has 2 N–H and O–H groups in total. The quantitative estimate of drug-likeness (QED) is 0.870. The smallest absolute Gasteiger partial charge is 0.323 e. The van der Waals surface area contributed by atoms with Crippen LogP contribution in [0.25, 0.3) is 0 Å². The molecule has 1 aromatic rings. The van der Waals surface area contributed by atoms with Gasteiger partial charge in [-0.3, -0.25) is 10.1 Å². The standard InChI is InChI=1S/C13H20N4O3S/c1-2-10-15-16-12(21-10)14-13(20)17-8-4-3-5-9(17)6-7-11(18)19/h9H,2-8H2,1H3,(H,18,19)(H,14,16,20). The van der Waals surface area contributed by atoms with Crippen molar-refractivity contribution in [2.24, 2.45) is 0 Å². The van der Waals surface area contributed by atoms with Crippen LogP contribution in [0, 0.1) is 0 Å². The summed E-state index contributed by atoms with van der Waals surface area (Å²) in [6, 6.07) is -0.211. The van der Waals surface area contributed by atoms with Gasteiger partial charge in [0.1, 0.15) is 5.01 Å². The van der Waals surface area contributed by atoms with Crippen molar-refractivity contribution < 1.29 is 14.7 Å². The lowest BCUT2D eigenvalue weighted by molar-refractivity contribution is -0.137. The summed E-state index contributed by atoms with van der Waals surface area (Å²) < 4.78 is 0. The molecule has 2 amide bonds. The minimum atomic E-state index is -0.822. The highest BCUT2D eigenvalue weighted by atomic mass is 32.1. The molecule has 0 aromatic carbocycles. The molecule has 21 heavy (non-hydrogen) atoms. The fraction of sp³-hybridized carbons (Fsp3) is 0.692. The van der Waals surface area contributed by atoms with E-state index in [9.17, 15) is 9.59 Å². The number of aliphatic carboxylic acids is 1. The van der Waals surface area contributed by atoms with Crippen LogP contribution in [-0.2, 0) is 11.2 Å². The zero-order valence-corrected chi connectivity index (χ0v) is 12.9. The van der Waals surface area contributed by atoms with Crippen LogP contribution in [0.2, 0.25) is 0 Å². The third kappa shape index (κ3) is 4.38. The Hall–Kier alpha value is -1.70. The molecule has 7 nitrogen and oxygen atoms in total. The Balaban J connectivity index is 1.95. The molecule has 0 saturated carbocycles. The van der Waals surface area contributed by atoms with E-state index in [2.05, 4.69) is 15.5 Å². The molecule has 1 unspecified atom stereocenters. The average Bonchev–Trinajstić information content (AvgIpc) is 2.93. The number of nitrogens with one attached hydrogen (secondary N) is 1. The van der Waals surface area contributed by atoms with E-state index in [0.29, 0.717) is 18.1 Å². The molecule has 8 heteroatoms. The fourth-order valence-corrected chi connectivity index (χ4v) is 3.14. The molecule has 1 aliphatic heterocycles. The summed E-state index contributed by atoms with van der Waals surface area (Å²) in [6.07, 6.45) is 4.22. The maximum absolute atomic E-state index is 12.3. The minimum Gasteiger partial charge on any atom is -0.481 e. The summed E-state index contributed by atoms with van der Waals surface area (Å²) in [5, 5.41) is 20.9. The van der Waals surface area contributed by atoms with Crippen molar-refractivity contribution in [3.05, 3.63) is 5.01 Å². The van der Waals surface area contributed by atoms with E-state index in [4.69, 9.17) is 5.11 Å². The summed E-state index contributed by atoms with van der Waals surface area (Å²) in [5.74, 6) is -0.822. The molecule has 2 heterocycles. The van der Waals surface area contributed by atoms with Crippen LogP contribution < -0.4 is 5.32 Å². The summed E-state index contributed by atoms with van der Waals surface area (Å²) in [6.45, 7) is 2.65. The van der Waals surface area contributed by atoms with Crippen molar-refractivity contribution in [3.63, 3.8) is 0 Å². The summed E-state index contributed by atoms with van der Waals surface area (Å²) >= 11 is 1.37. The van der Waals surface area contributed by atoms with Crippen LogP contribution in [0.4, 0.5) is 9.93 Å². The molecule has 2 rings (SSSR count). The lowest BCUT2D eigenvalue weighted by Gasteiger charge is -2.35. The van der Waals surface area contributed by atoms with Crippen molar-refractivity contribution in [2.45, 2.75) is 51.5 Å². The van der Waals surface area contributed by atoms with Gasteiger partial charge < -0.3 is 10.0 Å². The Bertz CT molecular complexity index is 505. The Morgan fingerprint density at radius 3 is 2.90 bits per heavy atom. The Morgan fingerprint density at radius 1 is 1.43 bits per heavy atom. The number of amides is 2. The lowest BCUT2D eigenvalue weighted by atomic mass is 9.98. The van der Waals surface area contributed by atoms with Gasteiger partial charge in [0.2, 0.25) is 5.13 Å². The first kappa shape index (κ1) is 15.7. The van der Waals surface area contributed by atoms with Gasteiger partial charge in [0.25, 0.3) is 0 Å². The first-order valence-corrected chi connectivity index (χ1v) is 8.03. The van der Waals surface area contributed by atoms with Crippen LogP contribution in [0.15, 0.2) is 0 Å². The predicted octanol–water partition coefficient (Wildman–Crippen LogP) is 2.35. The van der Waals surface area contributed by atoms with Crippen molar-refractivity contribution in [1.82, 2.24) is 15.1 Å². The van der Waals surface area contributed by atoms with Gasteiger partial charge >= 0.3 is 12.0 Å². The molecular formula is C13H20N4O3S. The van der Waals surface area contributed by atoms with Crippen LogP contribution in [-0.4, -0.2) is 44.8 Å². The number of aromatic nitrogens is 2. The number of likely N-dealkylation sites (tertiary alicyclic amines) is 1. The number of nitrogens with zero attached hydrogens (tertiary/aromatic N) is 3. The summed E-state index contributed by atoms with van der Waals surface area (Å²) in [7, 11) is 0. The van der Waals surface area contributed by atoms with Crippen LogP contribution in [0.3, 0.4) is 0 Å². The minimum absolute atomic E-state index is 0.00610. The number of hydrogen-bond donors (Lipinski definition) is 2. The summed E-state index contributed by atoms with van der Waals surface area (Å²) in [4.78, 5) is 24.8. The second-order valence-electron chi connectivity index (χ2n) is 5.06. The first-order chi connectivity index (χ1) is 10.1. The van der Waals surface area contributed by atoms with Gasteiger partial charge in [-0.05, 0) is 32.1 Å². The van der Waals surface area contributed by atoms with Gasteiger partial charge in [0.05, 0.1) is 0 Å². The van der Waals surface area contributed by atoms with Crippen LogP contribution in [0.5, 0.6) is 0 Å². The lowest BCUT2D eigenvalue weighted by Crippen LogP contribution is -2.46. The van der Waals surface area contributed by atoms with Gasteiger partial charge in [-0.15, -0.1) is 10.2 Å². The second-order valence-corrected chi connectivity index (χ2v) is 6.12. The van der Waals surface area contributed by atoms with Gasteiger partial charge in [0.15, 0.2) is 0 Å². The Morgan fingerprint density at radius 2 is 2.24 bits per heavy atom. The number of carbonyl (C=O) groups excluding carboxylic acids is 1. The van der Waals surface area contributed by atoms with Gasteiger partial charge in [-0.25, -0.2) is 4.79 Å². The van der Waals surface area contributed by atoms with Gasteiger partial charge in [-0.1, -0.05) is 18.3 Å². The number of piperidine rings is 1. The number of urea groups is 1.